The van der Waals surface area contributed by atoms with Crippen molar-refractivity contribution < 1.29 is 0 Å². The fourth-order valence-corrected chi connectivity index (χ4v) is 3.78. The maximum Gasteiger partial charge on any atom is 0.250 e. The molecule has 6 nitrogen and oxygen atoms in total. The van der Waals surface area contributed by atoms with Gasteiger partial charge in [-0.2, -0.15) is 0 Å². The van der Waals surface area contributed by atoms with E-state index in [-0.39, 0.29) is 5.56 Å². The first kappa shape index (κ1) is 16.3. The van der Waals surface area contributed by atoms with Crippen LogP contribution in [0.4, 0.5) is 5.82 Å². The summed E-state index contributed by atoms with van der Waals surface area (Å²) in [6, 6.07) is 8.60. The number of anilines is 1. The second-order valence-electron chi connectivity index (χ2n) is 7.01. The van der Waals surface area contributed by atoms with Crippen molar-refractivity contribution >= 4 is 5.82 Å². The van der Waals surface area contributed by atoms with Gasteiger partial charge in [-0.25, -0.2) is 9.97 Å². The van der Waals surface area contributed by atoms with Crippen molar-refractivity contribution in [3.63, 3.8) is 0 Å². The molecule has 1 saturated heterocycles. The maximum absolute atomic E-state index is 11.8. The molecular formula is C19H25N5O. The van der Waals surface area contributed by atoms with Gasteiger partial charge in [-0.3, -0.25) is 4.79 Å². The Morgan fingerprint density at radius 1 is 1.04 bits per heavy atom. The predicted molar refractivity (Wildman–Crippen MR) is 97.7 cm³/mol. The van der Waals surface area contributed by atoms with Gasteiger partial charge in [0.2, 0.25) is 0 Å². The van der Waals surface area contributed by atoms with Gasteiger partial charge in [0.1, 0.15) is 12.1 Å². The van der Waals surface area contributed by atoms with Crippen LogP contribution >= 0.6 is 0 Å². The summed E-state index contributed by atoms with van der Waals surface area (Å²) in [5.74, 6) is 1.08. The SMILES string of the molecule is O=c1ccccn1CCN1CCC(N(c2ccncn2)C2CC2)CC1. The van der Waals surface area contributed by atoms with Gasteiger partial charge >= 0.3 is 0 Å². The van der Waals surface area contributed by atoms with Gasteiger partial charge in [0, 0.05) is 56.7 Å². The lowest BCUT2D eigenvalue weighted by Crippen LogP contribution is -2.47. The van der Waals surface area contributed by atoms with Crippen molar-refractivity contribution in [3.8, 4) is 0 Å². The first-order chi connectivity index (χ1) is 12.3. The third-order valence-corrected chi connectivity index (χ3v) is 5.28. The van der Waals surface area contributed by atoms with Crippen LogP contribution < -0.4 is 10.5 Å². The molecule has 0 unspecified atom stereocenters. The second-order valence-corrected chi connectivity index (χ2v) is 7.01. The minimum absolute atomic E-state index is 0.0843. The quantitative estimate of drug-likeness (QED) is 0.803. The van der Waals surface area contributed by atoms with E-state index in [1.54, 1.807) is 23.0 Å². The van der Waals surface area contributed by atoms with Gasteiger partial charge in [-0.05, 0) is 37.8 Å². The number of likely N-dealkylation sites (tertiary alicyclic amines) is 1. The van der Waals surface area contributed by atoms with Gasteiger partial charge in [0.05, 0.1) is 0 Å². The molecule has 3 heterocycles. The zero-order valence-electron chi connectivity index (χ0n) is 14.5. The van der Waals surface area contributed by atoms with Crippen LogP contribution in [0.3, 0.4) is 0 Å². The van der Waals surface area contributed by atoms with Gasteiger partial charge in [-0.1, -0.05) is 6.07 Å². The smallest absolute Gasteiger partial charge is 0.250 e. The Hall–Kier alpha value is -2.21. The van der Waals surface area contributed by atoms with E-state index < -0.39 is 0 Å². The molecule has 0 atom stereocenters. The third kappa shape index (κ3) is 3.90. The molecule has 2 aromatic rings. The Morgan fingerprint density at radius 2 is 1.84 bits per heavy atom. The van der Waals surface area contributed by atoms with E-state index in [1.807, 2.05) is 24.5 Å². The van der Waals surface area contributed by atoms with Crippen LogP contribution in [0.1, 0.15) is 25.7 Å². The van der Waals surface area contributed by atoms with E-state index in [9.17, 15) is 4.79 Å². The van der Waals surface area contributed by atoms with Crippen LogP contribution in [-0.2, 0) is 6.54 Å². The van der Waals surface area contributed by atoms with Crippen molar-refractivity contribution in [2.24, 2.45) is 0 Å². The molecule has 0 amide bonds. The Kier molecular flexibility index (Phi) is 4.78. The van der Waals surface area contributed by atoms with E-state index in [0.717, 1.165) is 44.8 Å². The largest absolute Gasteiger partial charge is 0.350 e. The monoisotopic (exact) mass is 339 g/mol. The Balaban J connectivity index is 1.33. The highest BCUT2D eigenvalue weighted by molar-refractivity contribution is 5.41. The first-order valence-electron chi connectivity index (χ1n) is 9.23. The Morgan fingerprint density at radius 3 is 2.52 bits per heavy atom. The molecule has 1 aliphatic carbocycles. The molecule has 0 radical (unpaired) electrons. The van der Waals surface area contributed by atoms with Crippen molar-refractivity contribution in [2.45, 2.75) is 44.3 Å². The normalized spacial score (nSPS) is 19.0. The van der Waals surface area contributed by atoms with Crippen molar-refractivity contribution in [2.75, 3.05) is 24.5 Å². The summed E-state index contributed by atoms with van der Waals surface area (Å²) in [6.45, 7) is 3.87. The van der Waals surface area contributed by atoms with Crippen LogP contribution in [0.25, 0.3) is 0 Å². The fraction of sp³-hybridized carbons (Fsp3) is 0.526. The van der Waals surface area contributed by atoms with Gasteiger partial charge in [0.15, 0.2) is 0 Å². The number of hydrogen-bond donors (Lipinski definition) is 0. The highest BCUT2D eigenvalue weighted by atomic mass is 16.1. The summed E-state index contributed by atoms with van der Waals surface area (Å²) < 4.78 is 1.80. The standard InChI is InChI=1S/C19H25N5O/c25-19-3-1-2-10-23(19)14-13-22-11-7-17(8-12-22)24(16-4-5-16)18-6-9-20-15-21-18/h1-3,6,9-10,15-17H,4-5,7-8,11-14H2. The number of rotatable bonds is 6. The maximum atomic E-state index is 11.8. The fourth-order valence-electron chi connectivity index (χ4n) is 3.78. The topological polar surface area (TPSA) is 54.3 Å². The number of pyridine rings is 1. The summed E-state index contributed by atoms with van der Waals surface area (Å²) in [6.07, 6.45) is 10.2. The Labute approximate surface area is 148 Å². The lowest BCUT2D eigenvalue weighted by atomic mass is 10.0. The molecule has 0 bridgehead atoms. The lowest BCUT2D eigenvalue weighted by molar-refractivity contribution is 0.200. The Bertz CT molecular complexity index is 735. The number of hydrogen-bond acceptors (Lipinski definition) is 5. The first-order valence-corrected chi connectivity index (χ1v) is 9.23. The van der Waals surface area contributed by atoms with E-state index in [4.69, 9.17) is 0 Å². The molecule has 6 heteroatoms. The number of piperidine rings is 1. The average molecular weight is 339 g/mol. The van der Waals surface area contributed by atoms with Gasteiger partial charge in [-0.15, -0.1) is 0 Å². The van der Waals surface area contributed by atoms with Gasteiger partial charge in [0.25, 0.3) is 5.56 Å². The van der Waals surface area contributed by atoms with E-state index in [2.05, 4.69) is 19.8 Å². The molecular weight excluding hydrogens is 314 g/mol. The summed E-state index contributed by atoms with van der Waals surface area (Å²) in [5, 5.41) is 0. The molecule has 2 aliphatic rings. The minimum atomic E-state index is 0.0843. The molecule has 0 aromatic carbocycles. The van der Waals surface area contributed by atoms with Crippen molar-refractivity contribution in [1.82, 2.24) is 19.4 Å². The average Bonchev–Trinajstić information content (AvgIpc) is 3.48. The number of nitrogens with zero attached hydrogens (tertiary/aromatic N) is 5. The highest BCUT2D eigenvalue weighted by Gasteiger charge is 2.36. The summed E-state index contributed by atoms with van der Waals surface area (Å²) in [5.41, 5.74) is 0.0843. The van der Waals surface area contributed by atoms with Crippen LogP contribution in [0.2, 0.25) is 0 Å². The van der Waals surface area contributed by atoms with Crippen LogP contribution in [0, 0.1) is 0 Å². The molecule has 1 aliphatic heterocycles. The summed E-state index contributed by atoms with van der Waals surface area (Å²) in [7, 11) is 0. The lowest BCUT2D eigenvalue weighted by Gasteiger charge is -2.39. The molecule has 2 fully saturated rings. The third-order valence-electron chi connectivity index (χ3n) is 5.28. The van der Waals surface area contributed by atoms with E-state index in [1.165, 1.54) is 12.8 Å². The van der Waals surface area contributed by atoms with Crippen LogP contribution in [0.5, 0.6) is 0 Å². The zero-order chi connectivity index (χ0) is 17.1. The highest BCUT2D eigenvalue weighted by Crippen LogP contribution is 2.34. The summed E-state index contributed by atoms with van der Waals surface area (Å²) in [4.78, 5) is 25.3. The van der Waals surface area contributed by atoms with Crippen molar-refractivity contribution in [1.29, 1.82) is 0 Å². The van der Waals surface area contributed by atoms with E-state index in [0.29, 0.717) is 12.1 Å². The van der Waals surface area contributed by atoms with Crippen molar-refractivity contribution in [3.05, 3.63) is 53.3 Å². The zero-order valence-corrected chi connectivity index (χ0v) is 14.5. The molecule has 0 spiro atoms. The molecule has 132 valence electrons. The van der Waals surface area contributed by atoms with E-state index >= 15 is 0 Å². The second kappa shape index (κ2) is 7.35. The molecule has 0 N–H and O–H groups in total. The minimum Gasteiger partial charge on any atom is -0.350 e. The predicted octanol–water partition coefficient (Wildman–Crippen LogP) is 1.77. The number of aromatic nitrogens is 3. The van der Waals surface area contributed by atoms with Gasteiger partial charge < -0.3 is 14.4 Å². The van der Waals surface area contributed by atoms with Crippen LogP contribution in [0.15, 0.2) is 47.8 Å². The molecule has 1 saturated carbocycles. The molecule has 2 aromatic heterocycles. The molecule has 4 rings (SSSR count). The molecule has 25 heavy (non-hydrogen) atoms. The van der Waals surface area contributed by atoms with Crippen LogP contribution in [-0.4, -0.2) is 51.2 Å². The summed E-state index contributed by atoms with van der Waals surface area (Å²) >= 11 is 0.